The van der Waals surface area contributed by atoms with Gasteiger partial charge in [-0.25, -0.2) is 22.4 Å². The van der Waals surface area contributed by atoms with Crippen molar-refractivity contribution in [2.75, 3.05) is 6.61 Å². The first-order valence-electron chi connectivity index (χ1n) is 6.49. The number of rotatable bonds is 4. The molecule has 0 amide bonds. The highest BCUT2D eigenvalue weighted by Crippen LogP contribution is 2.35. The van der Waals surface area contributed by atoms with Gasteiger partial charge in [0.05, 0.1) is 12.1 Å². The molecule has 0 aliphatic carbocycles. The Morgan fingerprint density at radius 2 is 1.83 bits per heavy atom. The molecule has 1 heterocycles. The van der Waals surface area contributed by atoms with Gasteiger partial charge in [0.15, 0.2) is 11.6 Å². The lowest BCUT2D eigenvalue weighted by Gasteiger charge is -2.19. The summed E-state index contributed by atoms with van der Waals surface area (Å²) in [7, 11) is 0. The number of aromatic nitrogens is 1. The minimum Gasteiger partial charge on any atom is -0.462 e. The topological polar surface area (TPSA) is 59.2 Å². The molecule has 1 aromatic carbocycles. The molecule has 24 heavy (non-hydrogen) atoms. The molecule has 4 nitrogen and oxygen atoms in total. The van der Waals surface area contributed by atoms with E-state index in [-0.39, 0.29) is 6.61 Å². The molecular formula is C14H9F6NO3. The van der Waals surface area contributed by atoms with Crippen molar-refractivity contribution < 1.29 is 35.9 Å². The first kappa shape index (κ1) is 17.8. The van der Waals surface area contributed by atoms with E-state index >= 15 is 0 Å². The quantitative estimate of drug-likeness (QED) is 0.678. The summed E-state index contributed by atoms with van der Waals surface area (Å²) < 4.78 is 83.7. The van der Waals surface area contributed by atoms with Crippen LogP contribution < -0.4 is 5.43 Å². The fourth-order valence-electron chi connectivity index (χ4n) is 2.04. The lowest BCUT2D eigenvalue weighted by atomic mass is 10.0. The summed E-state index contributed by atoms with van der Waals surface area (Å²) in [5.74, 6) is -9.47. The van der Waals surface area contributed by atoms with Crippen molar-refractivity contribution in [1.29, 1.82) is 0 Å². The number of esters is 1. The van der Waals surface area contributed by atoms with Crippen LogP contribution in [0.25, 0.3) is 10.9 Å². The van der Waals surface area contributed by atoms with E-state index < -0.39 is 57.5 Å². The number of pyridine rings is 1. The summed E-state index contributed by atoms with van der Waals surface area (Å²) in [5, 5.41) is -0.661. The van der Waals surface area contributed by atoms with E-state index in [4.69, 9.17) is 0 Å². The van der Waals surface area contributed by atoms with E-state index in [1.54, 1.807) is 4.98 Å². The second-order valence-corrected chi connectivity index (χ2v) is 4.66. The minimum atomic E-state index is -4.92. The third kappa shape index (κ3) is 2.83. The van der Waals surface area contributed by atoms with Gasteiger partial charge in [0, 0.05) is 11.5 Å². The van der Waals surface area contributed by atoms with Crippen molar-refractivity contribution in [3.05, 3.63) is 45.2 Å². The Hall–Kier alpha value is -2.52. The number of benzene rings is 1. The normalized spacial score (nSPS) is 12.0. The molecule has 0 saturated carbocycles. The Morgan fingerprint density at radius 3 is 2.38 bits per heavy atom. The molecular weight excluding hydrogens is 344 g/mol. The molecule has 0 radical (unpaired) electrons. The van der Waals surface area contributed by atoms with Crippen LogP contribution in [0, 0.1) is 11.6 Å². The van der Waals surface area contributed by atoms with Crippen LogP contribution in [-0.4, -0.2) is 24.0 Å². The lowest BCUT2D eigenvalue weighted by Crippen LogP contribution is -2.32. The summed E-state index contributed by atoms with van der Waals surface area (Å²) in [6.07, 6.45) is -4.26. The average Bonchev–Trinajstić information content (AvgIpc) is 2.49. The first-order valence-corrected chi connectivity index (χ1v) is 6.49. The van der Waals surface area contributed by atoms with E-state index in [0.717, 1.165) is 0 Å². The molecule has 2 rings (SSSR count). The molecule has 2 aromatic rings. The van der Waals surface area contributed by atoms with Crippen molar-refractivity contribution >= 4 is 16.9 Å². The molecule has 0 spiro atoms. The third-order valence-electron chi connectivity index (χ3n) is 3.13. The monoisotopic (exact) mass is 353 g/mol. The molecule has 0 aliphatic rings. The summed E-state index contributed by atoms with van der Waals surface area (Å²) in [4.78, 5) is 25.7. The van der Waals surface area contributed by atoms with Crippen LogP contribution >= 0.6 is 0 Å². The van der Waals surface area contributed by atoms with Crippen molar-refractivity contribution in [3.63, 3.8) is 0 Å². The summed E-state index contributed by atoms with van der Waals surface area (Å²) in [6.45, 7) is 0.973. The highest BCUT2D eigenvalue weighted by Gasteiger charge is 2.47. The number of carbonyl (C=O) groups is 1. The van der Waals surface area contributed by atoms with E-state index in [0.29, 0.717) is 12.1 Å². The smallest absolute Gasteiger partial charge is 0.347 e. The largest absolute Gasteiger partial charge is 0.462 e. The molecule has 0 bridgehead atoms. The number of hydrogen-bond acceptors (Lipinski definition) is 3. The average molecular weight is 353 g/mol. The van der Waals surface area contributed by atoms with Crippen molar-refractivity contribution in [2.24, 2.45) is 0 Å². The Balaban J connectivity index is 2.93. The zero-order valence-electron chi connectivity index (χ0n) is 11.9. The molecule has 0 atom stereocenters. The van der Waals surface area contributed by atoms with Crippen LogP contribution in [0.15, 0.2) is 16.9 Å². The lowest BCUT2D eigenvalue weighted by molar-refractivity contribution is -0.138. The second-order valence-electron chi connectivity index (χ2n) is 4.66. The molecule has 1 N–H and O–H groups in total. The van der Waals surface area contributed by atoms with Gasteiger partial charge in [0.1, 0.15) is 11.3 Å². The van der Waals surface area contributed by atoms with Gasteiger partial charge >= 0.3 is 18.3 Å². The van der Waals surface area contributed by atoms with Gasteiger partial charge in [0.25, 0.3) is 0 Å². The molecule has 1 aromatic heterocycles. The Kier molecular flexibility index (Phi) is 4.59. The number of nitrogens with one attached hydrogen (secondary N) is 1. The van der Waals surface area contributed by atoms with Crippen molar-refractivity contribution in [2.45, 2.75) is 19.3 Å². The van der Waals surface area contributed by atoms with Gasteiger partial charge in [-0.2, -0.15) is 8.78 Å². The second kappa shape index (κ2) is 6.17. The summed E-state index contributed by atoms with van der Waals surface area (Å²) in [6, 6.07) is 0.725. The predicted octanol–water partition coefficient (Wildman–Crippen LogP) is 3.34. The van der Waals surface area contributed by atoms with E-state index in [9.17, 15) is 35.9 Å². The minimum absolute atomic E-state index is 0.326. The molecule has 130 valence electrons. The van der Waals surface area contributed by atoms with Gasteiger partial charge in [-0.15, -0.1) is 0 Å². The van der Waals surface area contributed by atoms with Crippen molar-refractivity contribution in [1.82, 2.24) is 4.98 Å². The van der Waals surface area contributed by atoms with Crippen LogP contribution in [0.2, 0.25) is 0 Å². The number of halogens is 6. The molecule has 0 fully saturated rings. The number of H-pyrrole nitrogens is 1. The van der Waals surface area contributed by atoms with Gasteiger partial charge in [-0.05, 0) is 13.0 Å². The first-order chi connectivity index (χ1) is 11.1. The molecule has 0 aliphatic heterocycles. The highest BCUT2D eigenvalue weighted by molar-refractivity contribution is 5.95. The number of ether oxygens (including phenoxy) is 1. The SMILES string of the molecule is CCOC(=O)c1c(C(F)(F)C(F)F)[nH]c2cc(F)c(F)cc2c1=O. The summed E-state index contributed by atoms with van der Waals surface area (Å²) in [5.41, 5.74) is -5.25. The predicted molar refractivity (Wildman–Crippen MR) is 70.3 cm³/mol. The molecule has 0 unspecified atom stereocenters. The number of alkyl halides is 4. The summed E-state index contributed by atoms with van der Waals surface area (Å²) >= 11 is 0. The van der Waals surface area contributed by atoms with Crippen LogP contribution in [-0.2, 0) is 10.7 Å². The standard InChI is InChI=1S/C14H9F6NO3/c1-2-24-12(23)9-10(22)5-3-6(15)7(16)4-8(5)21-11(9)14(19,20)13(17)18/h3-4,13H,2H2,1H3,(H,21,22). The maximum Gasteiger partial charge on any atom is 0.347 e. The number of fused-ring (bicyclic) bond motifs is 1. The van der Waals surface area contributed by atoms with Gasteiger partial charge in [0.2, 0.25) is 5.43 Å². The van der Waals surface area contributed by atoms with Crippen molar-refractivity contribution in [3.8, 4) is 0 Å². The Bertz CT molecular complexity index is 862. The van der Waals surface area contributed by atoms with E-state index in [1.165, 1.54) is 6.92 Å². The fourth-order valence-corrected chi connectivity index (χ4v) is 2.04. The van der Waals surface area contributed by atoms with Crippen LogP contribution in [0.1, 0.15) is 23.0 Å². The number of carbonyl (C=O) groups excluding carboxylic acids is 1. The zero-order chi connectivity index (χ0) is 18.2. The number of aromatic amines is 1. The maximum absolute atomic E-state index is 13.7. The van der Waals surface area contributed by atoms with Gasteiger partial charge < -0.3 is 9.72 Å². The highest BCUT2D eigenvalue weighted by atomic mass is 19.3. The van der Waals surface area contributed by atoms with Crippen LogP contribution in [0.4, 0.5) is 26.3 Å². The Labute approximate surface area is 130 Å². The van der Waals surface area contributed by atoms with E-state index in [2.05, 4.69) is 4.74 Å². The fraction of sp³-hybridized carbons (Fsp3) is 0.286. The number of hydrogen-bond donors (Lipinski definition) is 1. The third-order valence-corrected chi connectivity index (χ3v) is 3.13. The van der Waals surface area contributed by atoms with Crippen LogP contribution in [0.3, 0.4) is 0 Å². The maximum atomic E-state index is 13.7. The zero-order valence-corrected chi connectivity index (χ0v) is 11.9. The molecule has 0 saturated heterocycles. The van der Waals surface area contributed by atoms with Gasteiger partial charge in [-0.1, -0.05) is 0 Å². The van der Waals surface area contributed by atoms with Crippen LogP contribution in [0.5, 0.6) is 0 Å². The van der Waals surface area contributed by atoms with Gasteiger partial charge in [-0.3, -0.25) is 4.79 Å². The molecule has 10 heteroatoms. The Morgan fingerprint density at radius 1 is 1.25 bits per heavy atom. The van der Waals surface area contributed by atoms with E-state index in [1.807, 2.05) is 0 Å².